The molecule has 2 saturated heterocycles. The number of rotatable bonds is 9. The Kier molecular flexibility index (Phi) is 7.97. The SMILES string of the molecule is CNC(=O)C(CCC=O)c1nn(C)c2c(F)c(N3CCC(CC4CCN(C=O)CC4)CC3)ncc12. The van der Waals surface area contributed by atoms with E-state index in [-0.39, 0.29) is 12.3 Å². The third-order valence-corrected chi connectivity index (χ3v) is 7.68. The number of anilines is 1. The summed E-state index contributed by atoms with van der Waals surface area (Å²) >= 11 is 0. The molecule has 1 atom stereocenters. The van der Waals surface area contributed by atoms with Crippen LogP contribution in [0.4, 0.5) is 10.2 Å². The van der Waals surface area contributed by atoms with Crippen LogP contribution in [0.2, 0.25) is 0 Å². The molecule has 1 N–H and O–H groups in total. The molecule has 0 radical (unpaired) electrons. The number of likely N-dealkylation sites (N-methyl/N-ethyl adjacent to an activating group) is 1. The first-order valence-electron chi connectivity index (χ1n) is 12.6. The normalized spacial score (nSPS) is 18.6. The van der Waals surface area contributed by atoms with Gasteiger partial charge in [0, 0.05) is 58.3 Å². The highest BCUT2D eigenvalue weighted by Crippen LogP contribution is 2.35. The number of hydrogen-bond donors (Lipinski definition) is 1. The molecule has 0 aliphatic carbocycles. The van der Waals surface area contributed by atoms with E-state index in [1.807, 2.05) is 9.80 Å². The fourth-order valence-electron chi connectivity index (χ4n) is 5.66. The summed E-state index contributed by atoms with van der Waals surface area (Å²) in [4.78, 5) is 42.6. The number of nitrogens with one attached hydrogen (secondary N) is 1. The van der Waals surface area contributed by atoms with Crippen LogP contribution in [-0.4, -0.2) is 71.5 Å². The van der Waals surface area contributed by atoms with Gasteiger partial charge in [0.05, 0.1) is 11.6 Å². The molecule has 2 aliphatic heterocycles. The fraction of sp³-hybridized carbons (Fsp3) is 0.640. The zero-order valence-electron chi connectivity index (χ0n) is 20.6. The molecule has 2 amide bonds. The third-order valence-electron chi connectivity index (χ3n) is 7.68. The molecule has 1 unspecified atom stereocenters. The Labute approximate surface area is 205 Å². The van der Waals surface area contributed by atoms with Gasteiger partial charge in [0.25, 0.3) is 0 Å². The number of fused-ring (bicyclic) bond motifs is 1. The van der Waals surface area contributed by atoms with Gasteiger partial charge in [-0.1, -0.05) is 0 Å². The highest BCUT2D eigenvalue weighted by atomic mass is 19.1. The second kappa shape index (κ2) is 11.1. The highest BCUT2D eigenvalue weighted by Gasteiger charge is 2.30. The second-order valence-electron chi connectivity index (χ2n) is 9.83. The number of aryl methyl sites for hydroxylation is 1. The van der Waals surface area contributed by atoms with Gasteiger partial charge in [0.15, 0.2) is 11.6 Å². The lowest BCUT2D eigenvalue weighted by atomic mass is 9.83. The molecular formula is C25H35FN6O3. The van der Waals surface area contributed by atoms with Crippen molar-refractivity contribution in [2.75, 3.05) is 38.1 Å². The third kappa shape index (κ3) is 5.31. The van der Waals surface area contributed by atoms with Crippen molar-refractivity contribution in [2.24, 2.45) is 18.9 Å². The van der Waals surface area contributed by atoms with Crippen molar-refractivity contribution in [2.45, 2.75) is 50.9 Å². The van der Waals surface area contributed by atoms with E-state index in [0.717, 1.165) is 64.6 Å². The topological polar surface area (TPSA) is 100 Å². The molecule has 0 bridgehead atoms. The summed E-state index contributed by atoms with van der Waals surface area (Å²) in [5.41, 5.74) is 0.773. The van der Waals surface area contributed by atoms with Gasteiger partial charge >= 0.3 is 0 Å². The maximum absolute atomic E-state index is 15.7. The smallest absolute Gasteiger partial charge is 0.228 e. The van der Waals surface area contributed by atoms with E-state index in [2.05, 4.69) is 15.4 Å². The van der Waals surface area contributed by atoms with Crippen LogP contribution in [0.5, 0.6) is 0 Å². The highest BCUT2D eigenvalue weighted by molar-refractivity contribution is 5.91. The van der Waals surface area contributed by atoms with Crippen LogP contribution in [0.15, 0.2) is 6.20 Å². The zero-order valence-corrected chi connectivity index (χ0v) is 20.6. The Morgan fingerprint density at radius 3 is 2.43 bits per heavy atom. The minimum absolute atomic E-state index is 0.218. The molecule has 2 aromatic heterocycles. The van der Waals surface area contributed by atoms with Crippen molar-refractivity contribution in [3.05, 3.63) is 17.7 Å². The molecule has 10 heteroatoms. The van der Waals surface area contributed by atoms with Crippen LogP contribution in [0.3, 0.4) is 0 Å². The number of aromatic nitrogens is 3. The number of carbonyl (C=O) groups excluding carboxylic acids is 3. The summed E-state index contributed by atoms with van der Waals surface area (Å²) < 4.78 is 17.2. The second-order valence-corrected chi connectivity index (χ2v) is 9.83. The van der Waals surface area contributed by atoms with E-state index in [9.17, 15) is 14.4 Å². The number of pyridine rings is 1. The Hall–Kier alpha value is -3.04. The maximum Gasteiger partial charge on any atom is 0.228 e. The van der Waals surface area contributed by atoms with Gasteiger partial charge in [-0.25, -0.2) is 9.37 Å². The number of amides is 2. The summed E-state index contributed by atoms with van der Waals surface area (Å²) in [6.45, 7) is 3.20. The van der Waals surface area contributed by atoms with Crippen LogP contribution in [0, 0.1) is 17.7 Å². The molecule has 0 spiro atoms. The van der Waals surface area contributed by atoms with Crippen molar-refractivity contribution in [3.63, 3.8) is 0 Å². The quantitative estimate of drug-likeness (QED) is 0.547. The monoisotopic (exact) mass is 486 g/mol. The predicted molar refractivity (Wildman–Crippen MR) is 130 cm³/mol. The van der Waals surface area contributed by atoms with E-state index >= 15 is 4.39 Å². The summed E-state index contributed by atoms with van der Waals surface area (Å²) in [7, 11) is 3.21. The van der Waals surface area contributed by atoms with Gasteiger partial charge in [-0.3, -0.25) is 14.3 Å². The molecule has 190 valence electrons. The largest absolute Gasteiger partial charge is 0.359 e. The van der Waals surface area contributed by atoms with Gasteiger partial charge in [-0.2, -0.15) is 5.10 Å². The first-order valence-corrected chi connectivity index (χ1v) is 12.6. The molecule has 4 rings (SSSR count). The van der Waals surface area contributed by atoms with E-state index in [4.69, 9.17) is 0 Å². The zero-order chi connectivity index (χ0) is 24.9. The number of aldehydes is 1. The summed E-state index contributed by atoms with van der Waals surface area (Å²) in [5, 5.41) is 7.59. The van der Waals surface area contributed by atoms with Crippen molar-refractivity contribution >= 4 is 35.3 Å². The molecule has 2 aliphatic rings. The number of piperidine rings is 2. The lowest BCUT2D eigenvalue weighted by Crippen LogP contribution is -2.37. The minimum atomic E-state index is -0.643. The Morgan fingerprint density at radius 1 is 1.17 bits per heavy atom. The standard InChI is InChI=1S/C25H35FN6O3/c1-27-25(35)19(4-3-13-33)22-20-15-28-24(21(26)23(20)30(2)29-22)32-11-7-18(8-12-32)14-17-5-9-31(16-34)10-6-17/h13,15-19H,3-12,14H2,1-2H3,(H,27,35). The average molecular weight is 487 g/mol. The summed E-state index contributed by atoms with van der Waals surface area (Å²) in [6.07, 6.45) is 9.15. The van der Waals surface area contributed by atoms with E-state index < -0.39 is 11.7 Å². The Bertz CT molecular complexity index is 1060. The van der Waals surface area contributed by atoms with Gasteiger partial charge in [0.1, 0.15) is 11.8 Å². The minimum Gasteiger partial charge on any atom is -0.359 e. The number of halogens is 1. The average Bonchev–Trinajstić information content (AvgIpc) is 3.22. The molecular weight excluding hydrogens is 451 g/mol. The van der Waals surface area contributed by atoms with E-state index in [1.54, 1.807) is 13.2 Å². The maximum atomic E-state index is 15.7. The number of hydrogen-bond acceptors (Lipinski definition) is 6. The van der Waals surface area contributed by atoms with Crippen molar-refractivity contribution in [1.82, 2.24) is 25.0 Å². The molecule has 2 fully saturated rings. The molecule has 35 heavy (non-hydrogen) atoms. The number of carbonyl (C=O) groups is 3. The molecule has 9 nitrogen and oxygen atoms in total. The van der Waals surface area contributed by atoms with Crippen molar-refractivity contribution < 1.29 is 18.8 Å². The van der Waals surface area contributed by atoms with Gasteiger partial charge in [-0.05, 0) is 50.4 Å². The molecule has 2 aromatic rings. The summed E-state index contributed by atoms with van der Waals surface area (Å²) in [5.74, 6) is 0.281. The van der Waals surface area contributed by atoms with E-state index in [0.29, 0.717) is 40.7 Å². The number of likely N-dealkylation sites (tertiary alicyclic amines) is 1. The summed E-state index contributed by atoms with van der Waals surface area (Å²) in [6, 6.07) is 0. The lowest BCUT2D eigenvalue weighted by molar-refractivity contribution is -0.122. The first kappa shape index (κ1) is 25.1. The molecule has 0 saturated carbocycles. The van der Waals surface area contributed by atoms with Crippen molar-refractivity contribution in [1.29, 1.82) is 0 Å². The van der Waals surface area contributed by atoms with Crippen LogP contribution < -0.4 is 10.2 Å². The fourth-order valence-corrected chi connectivity index (χ4v) is 5.66. The number of nitrogens with zero attached hydrogens (tertiary/aromatic N) is 5. The molecule has 0 aromatic carbocycles. The Balaban J connectivity index is 1.47. The van der Waals surface area contributed by atoms with Gasteiger partial charge in [-0.15, -0.1) is 0 Å². The van der Waals surface area contributed by atoms with Crippen molar-refractivity contribution in [3.8, 4) is 0 Å². The Morgan fingerprint density at radius 2 is 1.83 bits per heavy atom. The van der Waals surface area contributed by atoms with Crippen LogP contribution >= 0.6 is 0 Å². The van der Waals surface area contributed by atoms with Crippen LogP contribution in [0.1, 0.15) is 56.6 Å². The van der Waals surface area contributed by atoms with E-state index in [1.165, 1.54) is 18.2 Å². The van der Waals surface area contributed by atoms with Gasteiger partial charge < -0.3 is 19.9 Å². The van der Waals surface area contributed by atoms with Crippen LogP contribution in [-0.2, 0) is 21.4 Å². The van der Waals surface area contributed by atoms with Gasteiger partial charge in [0.2, 0.25) is 12.3 Å². The first-order chi connectivity index (χ1) is 17.0. The lowest BCUT2D eigenvalue weighted by Gasteiger charge is -2.36. The predicted octanol–water partition coefficient (Wildman–Crippen LogP) is 2.39. The van der Waals surface area contributed by atoms with Crippen LogP contribution in [0.25, 0.3) is 10.9 Å². The molecule has 4 heterocycles.